The first-order chi connectivity index (χ1) is 25.1. The summed E-state index contributed by atoms with van der Waals surface area (Å²) in [5, 5.41) is 12.4. The van der Waals surface area contributed by atoms with E-state index in [4.69, 9.17) is 56.8 Å². The van der Waals surface area contributed by atoms with E-state index in [1.165, 1.54) is 62.9 Å². The lowest BCUT2D eigenvalue weighted by molar-refractivity contribution is -0.139. The molecule has 0 aromatic heterocycles. The van der Waals surface area contributed by atoms with Gasteiger partial charge in [0.15, 0.2) is 48.1 Å². The van der Waals surface area contributed by atoms with Gasteiger partial charge in [0.1, 0.15) is 23.2 Å². The van der Waals surface area contributed by atoms with Gasteiger partial charge in [-0.05, 0) is 25.5 Å². The molecule has 0 amide bonds. The number of hydrogen-bond donors (Lipinski definition) is 1. The summed E-state index contributed by atoms with van der Waals surface area (Å²) in [5.41, 5.74) is 0.688. The zero-order chi connectivity index (χ0) is 38.4. The third-order valence-electron chi connectivity index (χ3n) is 7.70. The van der Waals surface area contributed by atoms with Gasteiger partial charge in [-0.25, -0.2) is 4.79 Å². The summed E-state index contributed by atoms with van der Waals surface area (Å²) in [5.74, 6) is 6.09. The minimum absolute atomic E-state index is 0.0288. The molecule has 0 heterocycles. The summed E-state index contributed by atoms with van der Waals surface area (Å²) in [4.78, 5) is 25.3. The summed E-state index contributed by atoms with van der Waals surface area (Å²) >= 11 is 0. The van der Waals surface area contributed by atoms with Crippen LogP contribution in [0.2, 0.25) is 0 Å². The van der Waals surface area contributed by atoms with E-state index >= 15 is 0 Å². The second kappa shape index (κ2) is 19.9. The summed E-state index contributed by atoms with van der Waals surface area (Å²) in [6.07, 6.45) is -1.83. The average Bonchev–Trinajstić information content (AvgIpc) is 3.16. The number of fused-ring (bicyclic) bond motifs is 1. The van der Waals surface area contributed by atoms with Crippen LogP contribution in [0.25, 0.3) is 10.8 Å². The van der Waals surface area contributed by atoms with E-state index in [0.29, 0.717) is 46.8 Å². The van der Waals surface area contributed by atoms with Gasteiger partial charge in [0.05, 0.1) is 79.6 Å². The molecule has 3 aromatic carbocycles. The lowest BCUT2D eigenvalue weighted by Crippen LogP contribution is -2.15. The van der Waals surface area contributed by atoms with Gasteiger partial charge >= 0.3 is 11.9 Å². The molecule has 1 N–H and O–H groups in total. The van der Waals surface area contributed by atoms with E-state index in [-0.39, 0.29) is 71.9 Å². The highest BCUT2D eigenvalue weighted by atomic mass is 16.7. The molecule has 0 spiro atoms. The third-order valence-corrected chi connectivity index (χ3v) is 7.70. The SMILES string of the molecule is CCOCOc1c(C#CC(O)Cc2c(OCOCC)c(OC)c3c(OC)c(OC)cc(OC)c3c2OC)cc(CC(=O)OC)c(C(=O)OC)c1OC. The number of aliphatic hydroxyl groups is 1. The Balaban J connectivity index is 2.33. The Hall–Kier alpha value is -5.30. The quantitative estimate of drug-likeness (QED) is 0.0811. The number of esters is 2. The molecule has 52 heavy (non-hydrogen) atoms. The van der Waals surface area contributed by atoms with Crippen molar-refractivity contribution < 1.29 is 71.5 Å². The zero-order valence-electron chi connectivity index (χ0n) is 31.1. The Labute approximate surface area is 302 Å². The molecule has 0 saturated heterocycles. The maximum absolute atomic E-state index is 12.9. The highest BCUT2D eigenvalue weighted by Gasteiger charge is 2.31. The fraction of sp³-hybridized carbons (Fsp3) is 0.459. The average molecular weight is 731 g/mol. The molecular formula is C37H46O15. The van der Waals surface area contributed by atoms with Crippen LogP contribution in [0.15, 0.2) is 12.1 Å². The van der Waals surface area contributed by atoms with Crippen molar-refractivity contribution in [3.8, 4) is 57.8 Å². The largest absolute Gasteiger partial charge is 0.496 e. The van der Waals surface area contributed by atoms with Crippen LogP contribution >= 0.6 is 0 Å². The van der Waals surface area contributed by atoms with Crippen molar-refractivity contribution in [2.45, 2.75) is 32.8 Å². The van der Waals surface area contributed by atoms with Crippen molar-refractivity contribution in [3.05, 3.63) is 34.4 Å². The molecule has 0 aliphatic carbocycles. The predicted octanol–water partition coefficient (Wildman–Crippen LogP) is 4.09. The normalized spacial score (nSPS) is 11.1. The molecular weight excluding hydrogens is 684 g/mol. The van der Waals surface area contributed by atoms with Crippen molar-refractivity contribution in [1.29, 1.82) is 0 Å². The van der Waals surface area contributed by atoms with Crippen LogP contribution < -0.4 is 37.9 Å². The number of hydrogen-bond acceptors (Lipinski definition) is 15. The highest BCUT2D eigenvalue weighted by molar-refractivity contribution is 6.06. The minimum Gasteiger partial charge on any atom is -0.496 e. The second-order valence-corrected chi connectivity index (χ2v) is 10.5. The molecule has 0 aliphatic rings. The monoisotopic (exact) mass is 730 g/mol. The Morgan fingerprint density at radius 2 is 1.27 bits per heavy atom. The van der Waals surface area contributed by atoms with Gasteiger partial charge < -0.3 is 61.9 Å². The van der Waals surface area contributed by atoms with E-state index in [1.54, 1.807) is 13.0 Å². The van der Waals surface area contributed by atoms with E-state index in [9.17, 15) is 14.7 Å². The van der Waals surface area contributed by atoms with Crippen molar-refractivity contribution in [2.24, 2.45) is 0 Å². The molecule has 3 aromatic rings. The first kappa shape index (κ1) is 41.1. The molecule has 0 fully saturated rings. The van der Waals surface area contributed by atoms with Gasteiger partial charge in [0, 0.05) is 31.3 Å². The van der Waals surface area contributed by atoms with Gasteiger partial charge in [-0.2, -0.15) is 0 Å². The zero-order valence-corrected chi connectivity index (χ0v) is 31.1. The predicted molar refractivity (Wildman–Crippen MR) is 188 cm³/mol. The molecule has 1 atom stereocenters. The van der Waals surface area contributed by atoms with E-state index in [0.717, 1.165) is 0 Å². The number of ether oxygens (including phenoxy) is 12. The van der Waals surface area contributed by atoms with Crippen LogP contribution in [0.1, 0.15) is 40.9 Å². The van der Waals surface area contributed by atoms with Crippen LogP contribution in [0.5, 0.6) is 46.0 Å². The number of carbonyl (C=O) groups is 2. The molecule has 15 heteroatoms. The summed E-state index contributed by atoms with van der Waals surface area (Å²) < 4.78 is 67.2. The molecule has 0 bridgehead atoms. The number of rotatable bonds is 19. The number of carbonyl (C=O) groups excluding carboxylic acids is 2. The van der Waals surface area contributed by atoms with Gasteiger partial charge in [-0.15, -0.1) is 0 Å². The number of aliphatic hydroxyl groups excluding tert-OH is 1. The third kappa shape index (κ3) is 8.94. The van der Waals surface area contributed by atoms with Crippen molar-refractivity contribution in [1.82, 2.24) is 0 Å². The van der Waals surface area contributed by atoms with E-state index in [2.05, 4.69) is 11.8 Å². The Morgan fingerprint density at radius 1 is 0.673 bits per heavy atom. The van der Waals surface area contributed by atoms with E-state index in [1.807, 2.05) is 6.92 Å². The lowest BCUT2D eigenvalue weighted by Gasteiger charge is -2.24. The van der Waals surface area contributed by atoms with Gasteiger partial charge in [0.25, 0.3) is 0 Å². The molecule has 15 nitrogen and oxygen atoms in total. The Bertz CT molecular complexity index is 1770. The molecule has 1 unspecified atom stereocenters. The van der Waals surface area contributed by atoms with Gasteiger partial charge in [-0.3, -0.25) is 4.79 Å². The molecule has 0 radical (unpaired) electrons. The van der Waals surface area contributed by atoms with Crippen molar-refractivity contribution >= 4 is 22.7 Å². The minimum atomic E-state index is -1.37. The molecule has 0 saturated carbocycles. The topological polar surface area (TPSA) is 165 Å². The summed E-state index contributed by atoms with van der Waals surface area (Å²) in [6, 6.07) is 3.11. The van der Waals surface area contributed by atoms with E-state index < -0.39 is 18.0 Å². The fourth-order valence-electron chi connectivity index (χ4n) is 5.43. The number of benzene rings is 3. The molecule has 284 valence electrons. The standard InChI is InChI=1S/C37H46O15/c1-11-49-19-51-31-21(15-22(16-27(39)43-5)28(35(31)46-8)37(40)48-10)13-14-23(38)17-24-32(44-6)29-25(41-3)18-26(42-4)34(45-7)30(29)36(47-9)33(24)52-20-50-12-2/h15,18,23,38H,11-12,16-17,19-20H2,1-10H3. The van der Waals surface area contributed by atoms with Gasteiger partial charge in [-0.1, -0.05) is 11.8 Å². The summed E-state index contributed by atoms with van der Waals surface area (Å²) in [7, 11) is 11.1. The van der Waals surface area contributed by atoms with Crippen molar-refractivity contribution in [3.63, 3.8) is 0 Å². The highest BCUT2D eigenvalue weighted by Crippen LogP contribution is 2.55. The Morgan fingerprint density at radius 3 is 1.79 bits per heavy atom. The molecule has 0 aliphatic heterocycles. The lowest BCUT2D eigenvalue weighted by atomic mass is 9.96. The Kier molecular flexibility index (Phi) is 15.8. The second-order valence-electron chi connectivity index (χ2n) is 10.5. The maximum atomic E-state index is 12.9. The first-order valence-electron chi connectivity index (χ1n) is 16.0. The fourth-order valence-corrected chi connectivity index (χ4v) is 5.43. The first-order valence-corrected chi connectivity index (χ1v) is 16.0. The van der Waals surface area contributed by atoms with Crippen LogP contribution in [0.4, 0.5) is 0 Å². The number of methoxy groups -OCH3 is 8. The summed E-state index contributed by atoms with van der Waals surface area (Å²) in [6.45, 7) is 3.92. The van der Waals surface area contributed by atoms with Crippen molar-refractivity contribution in [2.75, 3.05) is 83.7 Å². The van der Waals surface area contributed by atoms with Crippen LogP contribution in [0, 0.1) is 11.8 Å². The van der Waals surface area contributed by atoms with Gasteiger partial charge in [0.2, 0.25) is 0 Å². The smallest absolute Gasteiger partial charge is 0.342 e. The van der Waals surface area contributed by atoms with Crippen LogP contribution in [-0.4, -0.2) is 107 Å². The van der Waals surface area contributed by atoms with Crippen LogP contribution in [-0.2, 0) is 36.6 Å². The maximum Gasteiger partial charge on any atom is 0.342 e. The van der Waals surface area contributed by atoms with Crippen LogP contribution in [0.3, 0.4) is 0 Å². The molecule has 3 rings (SSSR count).